The fourth-order valence-corrected chi connectivity index (χ4v) is 4.45. The zero-order valence-electron chi connectivity index (χ0n) is 19.4. The summed E-state index contributed by atoms with van der Waals surface area (Å²) in [6, 6.07) is 4.64. The van der Waals surface area contributed by atoms with Gasteiger partial charge in [0.2, 0.25) is 0 Å². The summed E-state index contributed by atoms with van der Waals surface area (Å²) in [5.41, 5.74) is 1.18. The fourth-order valence-electron chi connectivity index (χ4n) is 4.45. The molecule has 1 N–H and O–H groups in total. The third-order valence-electron chi connectivity index (χ3n) is 6.25. The van der Waals surface area contributed by atoms with Crippen molar-refractivity contribution in [2.75, 3.05) is 44.2 Å². The first-order chi connectivity index (χ1) is 15.1. The van der Waals surface area contributed by atoms with Gasteiger partial charge in [-0.15, -0.1) is 24.0 Å². The summed E-state index contributed by atoms with van der Waals surface area (Å²) in [6.45, 7) is 12.5. The van der Waals surface area contributed by atoms with Crippen molar-refractivity contribution >= 4 is 35.8 Å². The first-order valence-corrected chi connectivity index (χ1v) is 11.5. The van der Waals surface area contributed by atoms with E-state index in [9.17, 15) is 0 Å². The standard InChI is InChI=1S/C23H35N7O.HI/c1-4-25-23(29-9-6-18(2)21(16-29)30-10-8-24-17-30)27-14-20-5-7-26-22(13-20)28-11-12-31-19(3)15-28;/h5,7-8,10,13,17-19,21H,4,6,9,11-12,14-16H2,1-3H3,(H,25,27);1H. The zero-order chi connectivity index (χ0) is 21.6. The van der Waals surface area contributed by atoms with E-state index < -0.39 is 0 Å². The molecule has 3 unspecified atom stereocenters. The maximum absolute atomic E-state index is 5.67. The van der Waals surface area contributed by atoms with Crippen LogP contribution in [0.25, 0.3) is 0 Å². The van der Waals surface area contributed by atoms with Crippen molar-refractivity contribution in [3.05, 3.63) is 42.6 Å². The number of hydrogen-bond donors (Lipinski definition) is 1. The SMILES string of the molecule is CCNC(=NCc1ccnc(N2CCOC(C)C2)c1)N1CCC(C)C(n2ccnc2)C1.I. The molecule has 0 amide bonds. The maximum Gasteiger partial charge on any atom is 0.194 e. The van der Waals surface area contributed by atoms with Crippen molar-refractivity contribution in [2.24, 2.45) is 10.9 Å². The van der Waals surface area contributed by atoms with E-state index in [1.54, 1.807) is 0 Å². The molecule has 0 radical (unpaired) electrons. The molecule has 4 rings (SSSR count). The van der Waals surface area contributed by atoms with Crippen molar-refractivity contribution in [1.82, 2.24) is 24.8 Å². The van der Waals surface area contributed by atoms with Crippen LogP contribution >= 0.6 is 24.0 Å². The highest BCUT2D eigenvalue weighted by atomic mass is 127. The highest BCUT2D eigenvalue weighted by Gasteiger charge is 2.29. The van der Waals surface area contributed by atoms with Crippen LogP contribution in [0.2, 0.25) is 0 Å². The molecule has 2 aliphatic heterocycles. The third-order valence-corrected chi connectivity index (χ3v) is 6.25. The number of hydrogen-bond acceptors (Lipinski definition) is 5. The van der Waals surface area contributed by atoms with E-state index >= 15 is 0 Å². The number of piperidine rings is 1. The Balaban J connectivity index is 0.00000289. The van der Waals surface area contributed by atoms with E-state index in [0.717, 1.165) is 57.5 Å². The average molecular weight is 553 g/mol. The first kappa shape index (κ1) is 24.8. The van der Waals surface area contributed by atoms with E-state index in [1.165, 1.54) is 5.56 Å². The largest absolute Gasteiger partial charge is 0.375 e. The monoisotopic (exact) mass is 553 g/mol. The lowest BCUT2D eigenvalue weighted by Crippen LogP contribution is -2.49. The molecule has 9 heteroatoms. The van der Waals surface area contributed by atoms with Crippen LogP contribution in [0, 0.1) is 5.92 Å². The quantitative estimate of drug-likeness (QED) is 0.349. The number of guanidine groups is 1. The van der Waals surface area contributed by atoms with Gasteiger partial charge in [-0.05, 0) is 43.9 Å². The third kappa shape index (κ3) is 6.12. The van der Waals surface area contributed by atoms with Crippen LogP contribution in [-0.2, 0) is 11.3 Å². The summed E-state index contributed by atoms with van der Waals surface area (Å²) in [5, 5.41) is 3.50. The molecule has 2 saturated heterocycles. The summed E-state index contributed by atoms with van der Waals surface area (Å²) in [4.78, 5) is 18.5. The van der Waals surface area contributed by atoms with Gasteiger partial charge in [-0.3, -0.25) is 0 Å². The minimum atomic E-state index is 0. The Bertz CT molecular complexity index is 860. The van der Waals surface area contributed by atoms with Gasteiger partial charge in [0.15, 0.2) is 5.96 Å². The topological polar surface area (TPSA) is 70.8 Å². The number of aromatic nitrogens is 3. The summed E-state index contributed by atoms with van der Waals surface area (Å²) >= 11 is 0. The van der Waals surface area contributed by atoms with Crippen LogP contribution in [0.4, 0.5) is 5.82 Å². The molecule has 2 aliphatic rings. The van der Waals surface area contributed by atoms with Gasteiger partial charge in [0.1, 0.15) is 5.82 Å². The molecule has 0 aliphatic carbocycles. The summed E-state index contributed by atoms with van der Waals surface area (Å²) in [7, 11) is 0. The Morgan fingerprint density at radius 2 is 2.12 bits per heavy atom. The minimum absolute atomic E-state index is 0. The van der Waals surface area contributed by atoms with Crippen LogP contribution in [0.1, 0.15) is 38.8 Å². The van der Waals surface area contributed by atoms with Gasteiger partial charge in [0.25, 0.3) is 0 Å². The number of pyridine rings is 1. The molecular weight excluding hydrogens is 517 g/mol. The molecule has 0 aromatic carbocycles. The minimum Gasteiger partial charge on any atom is -0.375 e. The van der Waals surface area contributed by atoms with E-state index in [2.05, 4.69) is 68.8 Å². The zero-order valence-corrected chi connectivity index (χ0v) is 21.7. The van der Waals surface area contributed by atoms with Gasteiger partial charge < -0.3 is 24.4 Å². The number of aliphatic imine (C=N–C) groups is 1. The molecule has 4 heterocycles. The first-order valence-electron chi connectivity index (χ1n) is 11.5. The number of morpholine rings is 1. The van der Waals surface area contributed by atoms with Crippen molar-refractivity contribution in [2.45, 2.75) is 45.9 Å². The molecular formula is C23H36IN7O. The fraction of sp³-hybridized carbons (Fsp3) is 0.609. The highest BCUT2D eigenvalue weighted by Crippen LogP contribution is 2.27. The molecule has 2 aromatic heterocycles. The van der Waals surface area contributed by atoms with E-state index in [4.69, 9.17) is 9.73 Å². The molecule has 32 heavy (non-hydrogen) atoms. The molecule has 8 nitrogen and oxygen atoms in total. The number of likely N-dealkylation sites (tertiary alicyclic amines) is 1. The number of anilines is 1. The second kappa shape index (κ2) is 11.8. The average Bonchev–Trinajstić information content (AvgIpc) is 3.32. The smallest absolute Gasteiger partial charge is 0.194 e. The summed E-state index contributed by atoms with van der Waals surface area (Å²) < 4.78 is 7.90. The Kier molecular flexibility index (Phi) is 9.15. The Morgan fingerprint density at radius 3 is 2.88 bits per heavy atom. The Morgan fingerprint density at radius 1 is 1.25 bits per heavy atom. The number of imidazole rings is 1. The number of rotatable bonds is 5. The highest BCUT2D eigenvalue weighted by molar-refractivity contribution is 14.0. The van der Waals surface area contributed by atoms with E-state index in [1.807, 2.05) is 18.7 Å². The Labute approximate surface area is 208 Å². The van der Waals surface area contributed by atoms with Crippen LogP contribution in [-0.4, -0.2) is 70.8 Å². The number of nitrogens with zero attached hydrogens (tertiary/aromatic N) is 6. The lowest BCUT2D eigenvalue weighted by atomic mass is 9.93. The molecule has 2 fully saturated rings. The van der Waals surface area contributed by atoms with Crippen molar-refractivity contribution in [3.63, 3.8) is 0 Å². The molecule has 2 aromatic rings. The number of halogens is 1. The maximum atomic E-state index is 5.67. The van der Waals surface area contributed by atoms with Crippen LogP contribution in [0.5, 0.6) is 0 Å². The second-order valence-corrected chi connectivity index (χ2v) is 8.61. The van der Waals surface area contributed by atoms with Gasteiger partial charge in [-0.2, -0.15) is 0 Å². The lowest BCUT2D eigenvalue weighted by Gasteiger charge is -2.39. The number of ether oxygens (including phenoxy) is 1. The lowest BCUT2D eigenvalue weighted by molar-refractivity contribution is 0.0529. The van der Waals surface area contributed by atoms with Gasteiger partial charge >= 0.3 is 0 Å². The Hall–Kier alpha value is -1.88. The predicted octanol–water partition coefficient (Wildman–Crippen LogP) is 3.17. The second-order valence-electron chi connectivity index (χ2n) is 8.61. The van der Waals surface area contributed by atoms with Crippen LogP contribution in [0.15, 0.2) is 42.0 Å². The van der Waals surface area contributed by atoms with Crippen molar-refractivity contribution in [3.8, 4) is 0 Å². The van der Waals surface area contributed by atoms with E-state index in [-0.39, 0.29) is 30.1 Å². The van der Waals surface area contributed by atoms with Crippen molar-refractivity contribution < 1.29 is 4.74 Å². The van der Waals surface area contributed by atoms with Crippen LogP contribution < -0.4 is 10.2 Å². The predicted molar refractivity (Wildman–Crippen MR) is 139 cm³/mol. The van der Waals surface area contributed by atoms with E-state index in [0.29, 0.717) is 18.5 Å². The molecule has 0 bridgehead atoms. The van der Waals surface area contributed by atoms with Gasteiger partial charge in [-0.25, -0.2) is 15.0 Å². The normalized spacial score (nSPS) is 24.2. The molecule has 0 spiro atoms. The summed E-state index contributed by atoms with van der Waals surface area (Å²) in [6.07, 6.45) is 9.13. The van der Waals surface area contributed by atoms with Gasteiger partial charge in [0, 0.05) is 51.3 Å². The molecule has 3 atom stereocenters. The molecule has 0 saturated carbocycles. The number of nitrogens with one attached hydrogen (secondary N) is 1. The summed E-state index contributed by atoms with van der Waals surface area (Å²) in [5.74, 6) is 2.62. The van der Waals surface area contributed by atoms with Crippen molar-refractivity contribution in [1.29, 1.82) is 0 Å². The molecule has 176 valence electrons. The van der Waals surface area contributed by atoms with Crippen LogP contribution in [0.3, 0.4) is 0 Å². The van der Waals surface area contributed by atoms with Gasteiger partial charge in [0.05, 0.1) is 31.6 Å². The van der Waals surface area contributed by atoms with Gasteiger partial charge in [-0.1, -0.05) is 6.92 Å².